The number of halogens is 6. The van der Waals surface area contributed by atoms with E-state index in [9.17, 15) is 31.1 Å². The molecule has 3 nitrogen and oxygen atoms in total. The van der Waals surface area contributed by atoms with Crippen LogP contribution in [-0.2, 0) is 12.4 Å². The first-order chi connectivity index (χ1) is 8.50. The third-order valence-corrected chi connectivity index (χ3v) is 2.16. The summed E-state index contributed by atoms with van der Waals surface area (Å²) >= 11 is 0. The lowest BCUT2D eigenvalue weighted by Crippen LogP contribution is -2.25. The summed E-state index contributed by atoms with van der Waals surface area (Å²) in [5.74, 6) is -1.75. The summed E-state index contributed by atoms with van der Waals surface area (Å²) in [6, 6.07) is 1.76. The van der Waals surface area contributed by atoms with Crippen molar-refractivity contribution in [1.82, 2.24) is 0 Å². The van der Waals surface area contributed by atoms with E-state index in [0.29, 0.717) is 6.07 Å². The number of nitriles is 1. The minimum Gasteiger partial charge on any atom is -0.366 e. The first-order valence-electron chi connectivity index (χ1n) is 4.51. The van der Waals surface area contributed by atoms with Crippen LogP contribution in [-0.4, -0.2) is 5.91 Å². The number of carbonyl (C=O) groups excluding carboxylic acids is 1. The van der Waals surface area contributed by atoms with Crippen LogP contribution < -0.4 is 5.73 Å². The second-order valence-electron chi connectivity index (χ2n) is 3.38. The fourth-order valence-corrected chi connectivity index (χ4v) is 1.48. The summed E-state index contributed by atoms with van der Waals surface area (Å²) < 4.78 is 75.7. The lowest BCUT2D eigenvalue weighted by molar-refractivity contribution is -0.162. The Balaban J connectivity index is 3.87. The van der Waals surface area contributed by atoms with Crippen molar-refractivity contribution in [2.24, 2.45) is 5.73 Å². The van der Waals surface area contributed by atoms with Crippen molar-refractivity contribution in [1.29, 1.82) is 5.26 Å². The average molecular weight is 282 g/mol. The van der Waals surface area contributed by atoms with Crippen LogP contribution in [0.1, 0.15) is 27.0 Å². The second-order valence-corrected chi connectivity index (χ2v) is 3.38. The number of alkyl halides is 6. The lowest BCUT2D eigenvalue weighted by atomic mass is 9.95. The van der Waals surface area contributed by atoms with Crippen molar-refractivity contribution in [2.75, 3.05) is 0 Å². The van der Waals surface area contributed by atoms with Gasteiger partial charge in [-0.15, -0.1) is 0 Å². The maximum Gasteiger partial charge on any atom is 0.417 e. The van der Waals surface area contributed by atoms with Gasteiger partial charge in [-0.25, -0.2) is 0 Å². The molecule has 0 aliphatic heterocycles. The number of primary amides is 1. The van der Waals surface area contributed by atoms with Crippen molar-refractivity contribution in [3.8, 4) is 6.07 Å². The predicted molar refractivity (Wildman–Crippen MR) is 49.7 cm³/mol. The van der Waals surface area contributed by atoms with Crippen LogP contribution >= 0.6 is 0 Å². The SMILES string of the molecule is N#Cc1ccc(C(F)(F)F)c(C(F)(F)F)c1C(N)=O. The number of rotatable bonds is 1. The Morgan fingerprint density at radius 2 is 1.63 bits per heavy atom. The smallest absolute Gasteiger partial charge is 0.366 e. The highest BCUT2D eigenvalue weighted by atomic mass is 19.4. The Hall–Kier alpha value is -2.24. The van der Waals surface area contributed by atoms with Gasteiger partial charge in [0, 0.05) is 0 Å². The Morgan fingerprint density at radius 3 is 1.95 bits per heavy atom. The molecule has 0 atom stereocenters. The highest BCUT2D eigenvalue weighted by molar-refractivity contribution is 5.97. The fourth-order valence-electron chi connectivity index (χ4n) is 1.48. The number of hydrogen-bond acceptors (Lipinski definition) is 2. The molecule has 0 aliphatic rings. The van der Waals surface area contributed by atoms with Crippen molar-refractivity contribution in [3.63, 3.8) is 0 Å². The van der Waals surface area contributed by atoms with Crippen LogP contribution in [0.5, 0.6) is 0 Å². The van der Waals surface area contributed by atoms with E-state index in [2.05, 4.69) is 5.73 Å². The minimum absolute atomic E-state index is 0.0911. The first-order valence-corrected chi connectivity index (χ1v) is 4.51. The molecule has 0 aromatic heterocycles. The van der Waals surface area contributed by atoms with Gasteiger partial charge in [0.15, 0.2) is 0 Å². The predicted octanol–water partition coefficient (Wildman–Crippen LogP) is 2.69. The summed E-state index contributed by atoms with van der Waals surface area (Å²) in [5, 5.41) is 8.54. The molecule has 19 heavy (non-hydrogen) atoms. The molecule has 102 valence electrons. The van der Waals surface area contributed by atoms with Crippen molar-refractivity contribution < 1.29 is 31.1 Å². The molecule has 0 saturated heterocycles. The number of nitrogens with two attached hydrogens (primary N) is 1. The van der Waals surface area contributed by atoms with Gasteiger partial charge in [-0.3, -0.25) is 4.79 Å². The third kappa shape index (κ3) is 2.78. The molecule has 1 aromatic rings. The largest absolute Gasteiger partial charge is 0.417 e. The molecule has 0 spiro atoms. The van der Waals surface area contributed by atoms with Crippen molar-refractivity contribution >= 4 is 5.91 Å². The van der Waals surface area contributed by atoms with Gasteiger partial charge in [-0.05, 0) is 12.1 Å². The molecule has 0 aliphatic carbocycles. The topological polar surface area (TPSA) is 66.9 Å². The normalized spacial score (nSPS) is 12.1. The van der Waals surface area contributed by atoms with Crippen molar-refractivity contribution in [2.45, 2.75) is 12.4 Å². The standard InChI is InChI=1S/C10H4F6N2O/c11-9(12,13)5-2-1-4(3-17)6(8(18)19)7(5)10(14,15)16/h1-2H,(H2,18,19). The van der Waals surface area contributed by atoms with E-state index >= 15 is 0 Å². The average Bonchev–Trinajstić information content (AvgIpc) is 2.24. The number of hydrogen-bond donors (Lipinski definition) is 1. The van der Waals surface area contributed by atoms with Gasteiger partial charge in [-0.1, -0.05) is 0 Å². The molecule has 0 fully saturated rings. The van der Waals surface area contributed by atoms with Crippen LogP contribution in [0, 0.1) is 11.3 Å². The number of benzene rings is 1. The summed E-state index contributed by atoms with van der Waals surface area (Å²) in [7, 11) is 0. The van der Waals surface area contributed by atoms with Crippen LogP contribution in [0.15, 0.2) is 12.1 Å². The Morgan fingerprint density at radius 1 is 1.11 bits per heavy atom. The van der Waals surface area contributed by atoms with Crippen LogP contribution in [0.3, 0.4) is 0 Å². The number of nitrogens with zero attached hydrogens (tertiary/aromatic N) is 1. The van der Waals surface area contributed by atoms with Crippen molar-refractivity contribution in [3.05, 3.63) is 34.4 Å². The zero-order valence-corrected chi connectivity index (χ0v) is 8.86. The summed E-state index contributed by atoms with van der Waals surface area (Å²) in [5.41, 5.74) is -2.01. The number of amides is 1. The summed E-state index contributed by atoms with van der Waals surface area (Å²) in [6.45, 7) is 0. The highest BCUT2D eigenvalue weighted by Crippen LogP contribution is 2.42. The third-order valence-electron chi connectivity index (χ3n) is 2.16. The Labute approximate surface area is 102 Å². The van der Waals surface area contributed by atoms with Gasteiger partial charge in [0.1, 0.15) is 0 Å². The van der Waals surface area contributed by atoms with Crippen LogP contribution in [0.25, 0.3) is 0 Å². The van der Waals surface area contributed by atoms with Gasteiger partial charge >= 0.3 is 12.4 Å². The van der Waals surface area contributed by atoms with Gasteiger partial charge in [0.05, 0.1) is 28.3 Å². The monoisotopic (exact) mass is 282 g/mol. The zero-order chi connectivity index (χ0) is 15.0. The lowest BCUT2D eigenvalue weighted by Gasteiger charge is -2.18. The van der Waals surface area contributed by atoms with E-state index in [0.717, 1.165) is 0 Å². The molecular weight excluding hydrogens is 278 g/mol. The molecule has 1 amide bonds. The Bertz CT molecular complexity index is 567. The molecule has 9 heteroatoms. The molecule has 0 heterocycles. The summed E-state index contributed by atoms with van der Waals surface area (Å²) in [4.78, 5) is 10.9. The molecule has 0 bridgehead atoms. The molecular formula is C10H4F6N2O. The fraction of sp³-hybridized carbons (Fsp3) is 0.200. The van der Waals surface area contributed by atoms with E-state index in [1.54, 1.807) is 0 Å². The van der Waals surface area contributed by atoms with E-state index in [-0.39, 0.29) is 6.07 Å². The van der Waals surface area contributed by atoms with Gasteiger partial charge in [-0.2, -0.15) is 31.6 Å². The second kappa shape index (κ2) is 4.46. The van der Waals surface area contributed by atoms with Gasteiger partial charge in [0.25, 0.3) is 5.91 Å². The molecule has 2 N–H and O–H groups in total. The van der Waals surface area contributed by atoms with Crippen LogP contribution in [0.4, 0.5) is 26.3 Å². The quantitative estimate of drug-likeness (QED) is 0.805. The molecule has 0 unspecified atom stereocenters. The van der Waals surface area contributed by atoms with E-state index in [4.69, 9.17) is 5.26 Å². The minimum atomic E-state index is -5.47. The Kier molecular flexibility index (Phi) is 3.48. The van der Waals surface area contributed by atoms with Crippen LogP contribution in [0.2, 0.25) is 0 Å². The van der Waals surface area contributed by atoms with E-state index in [1.165, 1.54) is 6.07 Å². The zero-order valence-electron chi connectivity index (χ0n) is 8.86. The number of carbonyl (C=O) groups is 1. The summed E-state index contributed by atoms with van der Waals surface area (Å²) in [6.07, 6.45) is -10.8. The molecule has 0 saturated carbocycles. The molecule has 1 rings (SSSR count). The molecule has 1 aromatic carbocycles. The van der Waals surface area contributed by atoms with E-state index < -0.39 is 40.5 Å². The molecule has 0 radical (unpaired) electrons. The first kappa shape index (κ1) is 14.8. The maximum absolute atomic E-state index is 12.7. The van der Waals surface area contributed by atoms with E-state index in [1.807, 2.05) is 0 Å². The maximum atomic E-state index is 12.7. The highest BCUT2D eigenvalue weighted by Gasteiger charge is 2.46. The van der Waals surface area contributed by atoms with Gasteiger partial charge in [0.2, 0.25) is 0 Å². The van der Waals surface area contributed by atoms with Gasteiger partial charge < -0.3 is 5.73 Å².